The molecule has 2 saturated heterocycles. The molecular weight excluding hydrogens is 254 g/mol. The zero-order chi connectivity index (χ0) is 14.1. The summed E-state index contributed by atoms with van der Waals surface area (Å²) in [6.07, 6.45) is 6.95. The fraction of sp³-hybridized carbons (Fsp3) is 0.867. The van der Waals surface area contributed by atoms with Crippen LogP contribution in [0.15, 0.2) is 0 Å². The van der Waals surface area contributed by atoms with E-state index in [4.69, 9.17) is 0 Å². The molecule has 3 aliphatic rings. The van der Waals surface area contributed by atoms with Crippen molar-refractivity contribution < 1.29 is 9.59 Å². The Morgan fingerprint density at radius 1 is 1.10 bits per heavy atom. The number of hydrogen-bond donors (Lipinski definition) is 1. The second-order valence-electron chi connectivity index (χ2n) is 6.57. The average Bonchev–Trinajstić information content (AvgIpc) is 2.96. The van der Waals surface area contributed by atoms with Gasteiger partial charge in [-0.1, -0.05) is 19.3 Å². The summed E-state index contributed by atoms with van der Waals surface area (Å²) >= 11 is 0. The molecule has 0 aromatic heterocycles. The molecule has 0 bridgehead atoms. The molecule has 1 N–H and O–H groups in total. The van der Waals surface area contributed by atoms with Gasteiger partial charge in [0.05, 0.1) is 12.5 Å². The van der Waals surface area contributed by atoms with Gasteiger partial charge in [0.2, 0.25) is 11.8 Å². The molecule has 0 aromatic carbocycles. The Bertz CT molecular complexity index is 393. The Kier molecular flexibility index (Phi) is 4.08. The van der Waals surface area contributed by atoms with Gasteiger partial charge in [0.15, 0.2) is 0 Å². The lowest BCUT2D eigenvalue weighted by atomic mass is 9.94. The number of hydrogen-bond acceptors (Lipinski definition) is 4. The van der Waals surface area contributed by atoms with Crippen molar-refractivity contribution in [1.82, 2.24) is 15.1 Å². The maximum atomic E-state index is 12.5. The van der Waals surface area contributed by atoms with E-state index in [0.717, 1.165) is 45.2 Å². The minimum absolute atomic E-state index is 0.0245. The zero-order valence-corrected chi connectivity index (χ0v) is 12.3. The highest BCUT2D eigenvalue weighted by molar-refractivity contribution is 6.05. The van der Waals surface area contributed by atoms with Crippen molar-refractivity contribution >= 4 is 11.8 Å². The molecule has 112 valence electrons. The minimum Gasteiger partial charge on any atom is -0.305 e. The first-order valence-electron chi connectivity index (χ1n) is 7.95. The van der Waals surface area contributed by atoms with Gasteiger partial charge in [0.1, 0.15) is 0 Å². The van der Waals surface area contributed by atoms with Crippen LogP contribution in [0.5, 0.6) is 0 Å². The number of rotatable bonds is 3. The third kappa shape index (κ3) is 2.74. The quantitative estimate of drug-likeness (QED) is 0.774. The maximum Gasteiger partial charge on any atom is 0.247 e. The van der Waals surface area contributed by atoms with Crippen LogP contribution in [0, 0.1) is 0 Å². The van der Waals surface area contributed by atoms with Gasteiger partial charge in [-0.05, 0) is 32.9 Å². The molecular formula is C15H25N3O2. The smallest absolute Gasteiger partial charge is 0.247 e. The van der Waals surface area contributed by atoms with Gasteiger partial charge in [-0.25, -0.2) is 0 Å². The van der Waals surface area contributed by atoms with Crippen LogP contribution in [0.3, 0.4) is 0 Å². The molecule has 2 aliphatic heterocycles. The Morgan fingerprint density at radius 3 is 2.50 bits per heavy atom. The van der Waals surface area contributed by atoms with E-state index in [1.807, 2.05) is 0 Å². The van der Waals surface area contributed by atoms with E-state index in [2.05, 4.69) is 17.3 Å². The van der Waals surface area contributed by atoms with Gasteiger partial charge in [0, 0.05) is 18.6 Å². The molecule has 2 unspecified atom stereocenters. The molecule has 3 fully saturated rings. The summed E-state index contributed by atoms with van der Waals surface area (Å²) in [4.78, 5) is 28.5. The van der Waals surface area contributed by atoms with Crippen LogP contribution >= 0.6 is 0 Å². The lowest BCUT2D eigenvalue weighted by Crippen LogP contribution is -2.47. The van der Waals surface area contributed by atoms with Crippen molar-refractivity contribution in [1.29, 1.82) is 0 Å². The second kappa shape index (κ2) is 5.82. The van der Waals surface area contributed by atoms with E-state index in [-0.39, 0.29) is 23.9 Å². The Labute approximate surface area is 120 Å². The van der Waals surface area contributed by atoms with E-state index in [1.54, 1.807) is 4.90 Å². The predicted molar refractivity (Wildman–Crippen MR) is 76.2 cm³/mol. The zero-order valence-electron chi connectivity index (χ0n) is 12.3. The van der Waals surface area contributed by atoms with Gasteiger partial charge < -0.3 is 10.2 Å². The monoisotopic (exact) mass is 279 g/mol. The standard InChI is InChI=1S/C15H25N3O2/c1-17-8-7-11(10-17)16-13-9-14(19)18(15(13)20)12-5-3-2-4-6-12/h11-13,16H,2-10H2,1H3. The van der Waals surface area contributed by atoms with Gasteiger partial charge in [-0.3, -0.25) is 14.5 Å². The SMILES string of the molecule is CN1CCC(NC2CC(=O)N(C3CCCCC3)C2=O)C1. The average molecular weight is 279 g/mol. The minimum atomic E-state index is -0.277. The van der Waals surface area contributed by atoms with Crippen molar-refractivity contribution in [2.45, 2.75) is 63.1 Å². The number of nitrogens with one attached hydrogen (secondary N) is 1. The van der Waals surface area contributed by atoms with Crippen molar-refractivity contribution in [3.05, 3.63) is 0 Å². The van der Waals surface area contributed by atoms with Crippen LogP contribution in [0.1, 0.15) is 44.9 Å². The van der Waals surface area contributed by atoms with Gasteiger partial charge in [-0.15, -0.1) is 0 Å². The largest absolute Gasteiger partial charge is 0.305 e. The molecule has 20 heavy (non-hydrogen) atoms. The van der Waals surface area contributed by atoms with Crippen LogP contribution in [-0.2, 0) is 9.59 Å². The third-order valence-corrected chi connectivity index (χ3v) is 4.95. The molecule has 1 saturated carbocycles. The molecule has 2 amide bonds. The summed E-state index contributed by atoms with van der Waals surface area (Å²) in [6, 6.07) is 0.246. The topological polar surface area (TPSA) is 52.7 Å². The van der Waals surface area contributed by atoms with Crippen LogP contribution in [-0.4, -0.2) is 59.9 Å². The first kappa shape index (κ1) is 14.0. The fourth-order valence-corrected chi connectivity index (χ4v) is 3.86. The molecule has 0 spiro atoms. The number of amides is 2. The third-order valence-electron chi connectivity index (χ3n) is 4.95. The first-order valence-corrected chi connectivity index (χ1v) is 7.95. The van der Waals surface area contributed by atoms with Gasteiger partial charge in [-0.2, -0.15) is 0 Å². The summed E-state index contributed by atoms with van der Waals surface area (Å²) in [5.74, 6) is 0.0576. The summed E-state index contributed by atoms with van der Waals surface area (Å²) in [5, 5.41) is 3.40. The highest BCUT2D eigenvalue weighted by Crippen LogP contribution is 2.27. The molecule has 5 heteroatoms. The van der Waals surface area contributed by atoms with Crippen LogP contribution < -0.4 is 5.32 Å². The van der Waals surface area contributed by atoms with Gasteiger partial charge >= 0.3 is 0 Å². The normalized spacial score (nSPS) is 33.4. The van der Waals surface area contributed by atoms with Crippen molar-refractivity contribution in [3.63, 3.8) is 0 Å². The van der Waals surface area contributed by atoms with E-state index in [1.165, 1.54) is 6.42 Å². The Hall–Kier alpha value is -0.940. The molecule has 3 rings (SSSR count). The van der Waals surface area contributed by atoms with Crippen LogP contribution in [0.2, 0.25) is 0 Å². The summed E-state index contributed by atoms with van der Waals surface area (Å²) in [6.45, 7) is 2.04. The number of likely N-dealkylation sites (tertiary alicyclic amines) is 2. The maximum absolute atomic E-state index is 12.5. The van der Waals surface area contributed by atoms with Crippen molar-refractivity contribution in [3.8, 4) is 0 Å². The molecule has 2 atom stereocenters. The number of carbonyl (C=O) groups is 2. The second-order valence-corrected chi connectivity index (χ2v) is 6.57. The number of imide groups is 1. The summed E-state index contributed by atoms with van der Waals surface area (Å²) in [5.41, 5.74) is 0. The van der Waals surface area contributed by atoms with E-state index >= 15 is 0 Å². The first-order chi connectivity index (χ1) is 9.65. The fourth-order valence-electron chi connectivity index (χ4n) is 3.86. The molecule has 1 aliphatic carbocycles. The number of nitrogens with zero attached hydrogens (tertiary/aromatic N) is 2. The summed E-state index contributed by atoms with van der Waals surface area (Å²) < 4.78 is 0. The summed E-state index contributed by atoms with van der Waals surface area (Å²) in [7, 11) is 2.09. The lowest BCUT2D eigenvalue weighted by molar-refractivity contribution is -0.142. The molecule has 5 nitrogen and oxygen atoms in total. The lowest BCUT2D eigenvalue weighted by Gasteiger charge is -2.30. The number of carbonyl (C=O) groups excluding carboxylic acids is 2. The highest BCUT2D eigenvalue weighted by Gasteiger charge is 2.43. The Morgan fingerprint density at radius 2 is 1.85 bits per heavy atom. The predicted octanol–water partition coefficient (Wildman–Crippen LogP) is 0.740. The van der Waals surface area contributed by atoms with E-state index < -0.39 is 0 Å². The highest BCUT2D eigenvalue weighted by atomic mass is 16.2. The van der Waals surface area contributed by atoms with E-state index in [0.29, 0.717) is 12.5 Å². The molecule has 0 aromatic rings. The molecule has 2 heterocycles. The molecule has 0 radical (unpaired) electrons. The van der Waals surface area contributed by atoms with Crippen LogP contribution in [0.4, 0.5) is 0 Å². The van der Waals surface area contributed by atoms with Crippen molar-refractivity contribution in [2.75, 3.05) is 20.1 Å². The Balaban J connectivity index is 1.61. The number of likely N-dealkylation sites (N-methyl/N-ethyl adjacent to an activating group) is 1. The van der Waals surface area contributed by atoms with E-state index in [9.17, 15) is 9.59 Å². The van der Waals surface area contributed by atoms with Crippen LogP contribution in [0.25, 0.3) is 0 Å². The van der Waals surface area contributed by atoms with Crippen molar-refractivity contribution in [2.24, 2.45) is 0 Å². The van der Waals surface area contributed by atoms with Gasteiger partial charge in [0.25, 0.3) is 0 Å².